The summed E-state index contributed by atoms with van der Waals surface area (Å²) in [6, 6.07) is 7.53. The monoisotopic (exact) mass is 508 g/mol. The Hall–Kier alpha value is -3.06. The van der Waals surface area contributed by atoms with Gasteiger partial charge in [-0.3, -0.25) is 4.79 Å². The van der Waals surface area contributed by atoms with Gasteiger partial charge < -0.3 is 24.0 Å². The Balaban J connectivity index is 1.97. The Morgan fingerprint density at radius 1 is 1.19 bits per heavy atom. The predicted octanol–water partition coefficient (Wildman–Crippen LogP) is 3.62. The van der Waals surface area contributed by atoms with Crippen molar-refractivity contribution in [1.29, 1.82) is 0 Å². The van der Waals surface area contributed by atoms with E-state index >= 15 is 0 Å². The molecule has 1 aliphatic carbocycles. The smallest absolute Gasteiger partial charge is 0.341 e. The first kappa shape index (κ1) is 27.0. The predicted molar refractivity (Wildman–Crippen MR) is 145 cm³/mol. The Labute approximate surface area is 219 Å². The second-order valence-corrected chi connectivity index (χ2v) is 12.0. The van der Waals surface area contributed by atoms with Crippen molar-refractivity contribution in [2.75, 3.05) is 33.9 Å². The molecule has 2 aliphatic rings. The average molecular weight is 509 g/mol. The van der Waals surface area contributed by atoms with E-state index in [1.54, 1.807) is 7.11 Å². The van der Waals surface area contributed by atoms with Crippen molar-refractivity contribution in [3.05, 3.63) is 62.4 Å². The number of aromatic carboxylic acids is 1. The van der Waals surface area contributed by atoms with Crippen LogP contribution in [0.5, 0.6) is 5.75 Å². The van der Waals surface area contributed by atoms with E-state index in [0.717, 1.165) is 46.0 Å². The van der Waals surface area contributed by atoms with Crippen molar-refractivity contribution < 1.29 is 19.4 Å². The van der Waals surface area contributed by atoms with Crippen LogP contribution in [0.1, 0.15) is 76.0 Å². The number of likely N-dealkylation sites (N-methyl/N-ethyl adjacent to an activating group) is 1. The van der Waals surface area contributed by atoms with Crippen molar-refractivity contribution in [3.63, 3.8) is 0 Å². The van der Waals surface area contributed by atoms with Crippen LogP contribution in [0.25, 0.3) is 11.3 Å². The van der Waals surface area contributed by atoms with Crippen LogP contribution in [-0.4, -0.2) is 54.5 Å². The van der Waals surface area contributed by atoms with Gasteiger partial charge in [-0.15, -0.1) is 0 Å². The number of aromatic nitrogens is 1. The van der Waals surface area contributed by atoms with Crippen LogP contribution in [0.3, 0.4) is 0 Å². The zero-order chi connectivity index (χ0) is 27.1. The number of rotatable bonds is 6. The molecule has 37 heavy (non-hydrogen) atoms. The summed E-state index contributed by atoms with van der Waals surface area (Å²) in [6.07, 6.45) is 4.92. The maximum atomic E-state index is 12.9. The van der Waals surface area contributed by atoms with Crippen LogP contribution >= 0.6 is 0 Å². The first-order chi connectivity index (χ1) is 17.4. The van der Waals surface area contributed by atoms with Gasteiger partial charge in [-0.1, -0.05) is 44.9 Å². The lowest BCUT2D eigenvalue weighted by atomic mass is 9.70. The van der Waals surface area contributed by atoms with Crippen molar-refractivity contribution in [1.82, 2.24) is 9.47 Å². The summed E-state index contributed by atoms with van der Waals surface area (Å²) >= 11 is 0. The van der Waals surface area contributed by atoms with Gasteiger partial charge in [0.25, 0.3) is 0 Å². The zero-order valence-electron chi connectivity index (χ0n) is 23.2. The molecule has 1 N–H and O–H groups in total. The second kappa shape index (κ2) is 10.0. The van der Waals surface area contributed by atoms with Crippen molar-refractivity contribution in [3.8, 4) is 5.75 Å². The highest BCUT2D eigenvalue weighted by Gasteiger charge is 2.38. The topological polar surface area (TPSA) is 81.0 Å². The summed E-state index contributed by atoms with van der Waals surface area (Å²) in [5.74, 6) is -0.391. The van der Waals surface area contributed by atoms with E-state index in [1.807, 2.05) is 23.7 Å². The number of hydrogen-bond acceptors (Lipinski definition) is 5. The number of carboxylic acid groups (broad SMARTS) is 1. The van der Waals surface area contributed by atoms with Gasteiger partial charge in [0.1, 0.15) is 11.3 Å². The summed E-state index contributed by atoms with van der Waals surface area (Å²) in [7, 11) is 3.78. The normalized spacial score (nSPS) is 20.2. The van der Waals surface area contributed by atoms with Gasteiger partial charge in [0.2, 0.25) is 0 Å². The van der Waals surface area contributed by atoms with Crippen LogP contribution in [0.2, 0.25) is 0 Å². The summed E-state index contributed by atoms with van der Waals surface area (Å²) in [5.41, 5.74) is 1.93. The molecular formula is C30H40N2O5. The number of pyridine rings is 1. The summed E-state index contributed by atoms with van der Waals surface area (Å²) in [6.45, 7) is 12.5. The number of ether oxygens (including phenoxy) is 2. The molecule has 1 fully saturated rings. The highest BCUT2D eigenvalue weighted by atomic mass is 16.5. The molecule has 7 nitrogen and oxygen atoms in total. The standard InChI is InChI=1S/C30H40N2O5/c1-19(2)26-20(10-8-11-24(26)37-18-30(17-36-7)12-9-13-30)27-22-14-23(33)21(28(34)35)15-32(22)25(16-31(27)6)29(3,4)5/h8,10-11,14-15,25H,9,12-13,16-18H2,1-7H3,(H,34,35)/b27-20-. The summed E-state index contributed by atoms with van der Waals surface area (Å²) < 4.78 is 14.0. The number of carboxylic acids is 1. The SMILES string of the molecule is COCC1(COc2ccc/c(=C3\c4cc(=O)c(C(=O)O)cn4C(C(C)(C)C)CN3C)c2=C(C)C)CCC1. The first-order valence-electron chi connectivity index (χ1n) is 13.0. The van der Waals surface area contributed by atoms with E-state index in [1.165, 1.54) is 18.7 Å². The maximum Gasteiger partial charge on any atom is 0.341 e. The highest BCUT2D eigenvalue weighted by Crippen LogP contribution is 2.41. The molecule has 0 spiro atoms. The molecule has 1 unspecified atom stereocenters. The van der Waals surface area contributed by atoms with Gasteiger partial charge in [0.15, 0.2) is 5.43 Å². The third kappa shape index (κ3) is 5.06. The van der Waals surface area contributed by atoms with Crippen LogP contribution in [0.4, 0.5) is 0 Å². The van der Waals surface area contributed by atoms with Crippen molar-refractivity contribution in [2.24, 2.45) is 10.8 Å². The lowest BCUT2D eigenvalue weighted by molar-refractivity contribution is -0.0188. The zero-order valence-corrected chi connectivity index (χ0v) is 23.2. The fourth-order valence-electron chi connectivity index (χ4n) is 5.74. The van der Waals surface area contributed by atoms with E-state index in [0.29, 0.717) is 19.8 Å². The van der Waals surface area contributed by atoms with E-state index in [2.05, 4.69) is 45.6 Å². The molecule has 1 aromatic heterocycles. The van der Waals surface area contributed by atoms with E-state index < -0.39 is 11.4 Å². The summed E-state index contributed by atoms with van der Waals surface area (Å²) in [5, 5.41) is 11.6. The fraction of sp³-hybridized carbons (Fsp3) is 0.533. The number of methoxy groups -OCH3 is 1. The van der Waals surface area contributed by atoms with Crippen molar-refractivity contribution >= 4 is 17.2 Å². The largest absolute Gasteiger partial charge is 0.492 e. The fourth-order valence-corrected chi connectivity index (χ4v) is 5.74. The number of nitrogens with zero attached hydrogens (tertiary/aromatic N) is 2. The van der Waals surface area contributed by atoms with Crippen molar-refractivity contribution in [2.45, 2.75) is 59.9 Å². The Kier molecular flexibility index (Phi) is 7.30. The second-order valence-electron chi connectivity index (χ2n) is 12.0. The Morgan fingerprint density at radius 2 is 1.89 bits per heavy atom. The molecule has 2 heterocycles. The number of benzene rings is 1. The molecule has 4 rings (SSSR count). The molecule has 0 radical (unpaired) electrons. The van der Waals surface area contributed by atoms with Crippen LogP contribution in [0, 0.1) is 10.8 Å². The first-order valence-corrected chi connectivity index (χ1v) is 13.0. The van der Waals surface area contributed by atoms with E-state index in [9.17, 15) is 14.7 Å². The number of hydrogen-bond donors (Lipinski definition) is 1. The average Bonchev–Trinajstić information content (AvgIpc) is 2.78. The lowest BCUT2D eigenvalue weighted by Gasteiger charge is -2.43. The molecule has 2 aromatic rings. The number of carbonyl (C=O) groups is 1. The van der Waals surface area contributed by atoms with Gasteiger partial charge in [-0.25, -0.2) is 4.79 Å². The molecule has 1 atom stereocenters. The van der Waals surface area contributed by atoms with Crippen LogP contribution in [-0.2, 0) is 4.74 Å². The molecule has 1 aliphatic heterocycles. The lowest BCUT2D eigenvalue weighted by Crippen LogP contribution is -2.46. The Morgan fingerprint density at radius 3 is 2.43 bits per heavy atom. The number of fused-ring (bicyclic) bond motifs is 1. The molecule has 1 saturated carbocycles. The van der Waals surface area contributed by atoms with Gasteiger partial charge in [0, 0.05) is 48.8 Å². The minimum Gasteiger partial charge on any atom is -0.492 e. The highest BCUT2D eigenvalue weighted by molar-refractivity contribution is 5.87. The third-order valence-corrected chi connectivity index (χ3v) is 7.90. The van der Waals surface area contributed by atoms with Gasteiger partial charge >= 0.3 is 5.97 Å². The quantitative estimate of drug-likeness (QED) is 0.642. The minimum absolute atomic E-state index is 0.0166. The third-order valence-electron chi connectivity index (χ3n) is 7.90. The molecule has 200 valence electrons. The molecule has 0 bridgehead atoms. The summed E-state index contributed by atoms with van der Waals surface area (Å²) in [4.78, 5) is 26.9. The molecule has 1 aromatic carbocycles. The molecule has 7 heteroatoms. The minimum atomic E-state index is -1.21. The van der Waals surface area contributed by atoms with Gasteiger partial charge in [-0.05, 0) is 38.2 Å². The molecular weight excluding hydrogens is 468 g/mol. The van der Waals surface area contributed by atoms with E-state index in [-0.39, 0.29) is 22.4 Å². The van der Waals surface area contributed by atoms with Gasteiger partial charge in [0.05, 0.1) is 30.6 Å². The van der Waals surface area contributed by atoms with Crippen LogP contribution in [0.15, 0.2) is 35.3 Å². The van der Waals surface area contributed by atoms with Crippen LogP contribution < -0.4 is 20.6 Å². The van der Waals surface area contributed by atoms with Gasteiger partial charge in [-0.2, -0.15) is 0 Å². The molecule has 0 saturated heterocycles. The van der Waals surface area contributed by atoms with E-state index in [4.69, 9.17) is 9.47 Å². The maximum absolute atomic E-state index is 12.9. The Bertz CT molecular complexity index is 1370. The molecule has 0 amide bonds.